The Hall–Kier alpha value is -1.27. The molecule has 1 aromatic rings. The Morgan fingerprint density at radius 2 is 1.28 bits per heavy atom. The third-order valence-corrected chi connectivity index (χ3v) is 4.24. The van der Waals surface area contributed by atoms with Crippen LogP contribution in [0.3, 0.4) is 0 Å². The van der Waals surface area contributed by atoms with Crippen LogP contribution in [0.2, 0.25) is 0 Å². The van der Waals surface area contributed by atoms with Gasteiger partial charge in [-0.25, -0.2) is 13.6 Å². The first-order valence-electron chi connectivity index (χ1n) is 5.60. The van der Waals surface area contributed by atoms with Crippen LogP contribution < -0.4 is 16.6 Å². The number of primary sulfonamides is 1. The van der Waals surface area contributed by atoms with E-state index in [4.69, 9.17) is 16.6 Å². The fraction of sp³-hybridized carbons (Fsp3) is 0.500. The molecule has 0 saturated carbocycles. The van der Waals surface area contributed by atoms with Gasteiger partial charge in [-0.2, -0.15) is 0 Å². The third kappa shape index (κ3) is 2.30. The molecule has 0 aliphatic heterocycles. The van der Waals surface area contributed by atoms with Crippen LogP contribution >= 0.6 is 0 Å². The summed E-state index contributed by atoms with van der Waals surface area (Å²) in [5.74, 6) is 0. The summed E-state index contributed by atoms with van der Waals surface area (Å²) in [7, 11) is -3.83. The van der Waals surface area contributed by atoms with E-state index in [9.17, 15) is 8.42 Å². The van der Waals surface area contributed by atoms with E-state index in [1.54, 1.807) is 13.8 Å². The van der Waals surface area contributed by atoms with Crippen LogP contribution in [0.5, 0.6) is 0 Å². The lowest BCUT2D eigenvalue weighted by Gasteiger charge is -2.27. The van der Waals surface area contributed by atoms with E-state index < -0.39 is 10.0 Å². The summed E-state index contributed by atoms with van der Waals surface area (Å²) < 4.78 is 23.2. The first kappa shape index (κ1) is 14.8. The van der Waals surface area contributed by atoms with E-state index in [0.29, 0.717) is 22.5 Å². The Balaban J connectivity index is 3.90. The summed E-state index contributed by atoms with van der Waals surface area (Å²) in [5, 5.41) is 5.22. The second kappa shape index (κ2) is 4.13. The van der Waals surface area contributed by atoms with Gasteiger partial charge in [0.25, 0.3) is 0 Å². The fourth-order valence-corrected chi connectivity index (χ4v) is 3.35. The maximum Gasteiger partial charge on any atom is 0.238 e. The van der Waals surface area contributed by atoms with Crippen molar-refractivity contribution in [3.05, 3.63) is 16.7 Å². The zero-order valence-electron chi connectivity index (χ0n) is 11.5. The van der Waals surface area contributed by atoms with Crippen molar-refractivity contribution in [3.8, 4) is 0 Å². The lowest BCUT2D eigenvalue weighted by atomic mass is 9.82. The van der Waals surface area contributed by atoms with Gasteiger partial charge in [0.15, 0.2) is 0 Å². The van der Waals surface area contributed by atoms with Crippen molar-refractivity contribution in [3.63, 3.8) is 0 Å². The maximum atomic E-state index is 11.6. The Morgan fingerprint density at radius 1 is 0.944 bits per heavy atom. The molecule has 0 aromatic heterocycles. The Morgan fingerprint density at radius 3 is 1.50 bits per heavy atom. The highest BCUT2D eigenvalue weighted by Crippen LogP contribution is 2.40. The smallest absolute Gasteiger partial charge is 0.238 e. The average Bonchev–Trinajstić information content (AvgIpc) is 2.10. The SMILES string of the molecule is Cc1c(N)c(C(C)(C)C)c(N)c(C)c1S(N)(=O)=O. The topological polar surface area (TPSA) is 112 Å². The van der Waals surface area contributed by atoms with Crippen molar-refractivity contribution in [2.24, 2.45) is 5.14 Å². The molecule has 0 fully saturated rings. The molecule has 0 aliphatic rings. The molecule has 18 heavy (non-hydrogen) atoms. The Bertz CT molecular complexity index is 570. The van der Waals surface area contributed by atoms with Crippen molar-refractivity contribution in [1.29, 1.82) is 0 Å². The molecule has 0 amide bonds. The van der Waals surface area contributed by atoms with Gasteiger partial charge in [0.2, 0.25) is 10.0 Å². The normalized spacial score (nSPS) is 12.8. The molecule has 1 aromatic carbocycles. The minimum Gasteiger partial charge on any atom is -0.398 e. The molecule has 0 aliphatic carbocycles. The Kier molecular flexibility index (Phi) is 3.40. The maximum absolute atomic E-state index is 11.6. The molecule has 1 rings (SSSR count). The van der Waals surface area contributed by atoms with Crippen LogP contribution in [0.4, 0.5) is 11.4 Å². The van der Waals surface area contributed by atoms with Crippen LogP contribution in [-0.4, -0.2) is 8.42 Å². The van der Waals surface area contributed by atoms with Crippen molar-refractivity contribution in [1.82, 2.24) is 0 Å². The number of rotatable bonds is 1. The molecule has 0 bridgehead atoms. The monoisotopic (exact) mass is 271 g/mol. The molecule has 0 spiro atoms. The van der Waals surface area contributed by atoms with Gasteiger partial charge in [-0.3, -0.25) is 0 Å². The largest absolute Gasteiger partial charge is 0.398 e. The fourth-order valence-electron chi connectivity index (χ4n) is 2.28. The quantitative estimate of drug-likeness (QED) is 0.670. The average molecular weight is 271 g/mol. The van der Waals surface area contributed by atoms with E-state index in [1.165, 1.54) is 0 Å². The van der Waals surface area contributed by atoms with E-state index in [0.717, 1.165) is 5.56 Å². The number of anilines is 2. The number of hydrogen-bond donors (Lipinski definition) is 3. The van der Waals surface area contributed by atoms with Crippen LogP contribution in [-0.2, 0) is 15.4 Å². The van der Waals surface area contributed by atoms with Gasteiger partial charge < -0.3 is 11.5 Å². The van der Waals surface area contributed by atoms with Gasteiger partial charge >= 0.3 is 0 Å². The number of nitrogens with two attached hydrogens (primary N) is 3. The molecule has 0 unspecified atom stereocenters. The van der Waals surface area contributed by atoms with Crippen molar-refractivity contribution in [2.75, 3.05) is 11.5 Å². The molecule has 5 nitrogen and oxygen atoms in total. The van der Waals surface area contributed by atoms with Gasteiger partial charge in [-0.05, 0) is 30.4 Å². The van der Waals surface area contributed by atoms with Gasteiger partial charge in [-0.15, -0.1) is 0 Å². The molecule has 0 saturated heterocycles. The zero-order valence-corrected chi connectivity index (χ0v) is 12.3. The molecular weight excluding hydrogens is 250 g/mol. The number of nitrogen functional groups attached to an aromatic ring is 2. The van der Waals surface area contributed by atoms with Gasteiger partial charge in [0.1, 0.15) is 0 Å². The first-order chi connectivity index (χ1) is 7.89. The zero-order chi connectivity index (χ0) is 14.5. The molecule has 0 atom stereocenters. The van der Waals surface area contributed by atoms with E-state index >= 15 is 0 Å². The predicted molar refractivity (Wildman–Crippen MR) is 74.8 cm³/mol. The number of hydrogen-bond acceptors (Lipinski definition) is 4. The van der Waals surface area contributed by atoms with Crippen molar-refractivity contribution >= 4 is 21.4 Å². The summed E-state index contributed by atoms with van der Waals surface area (Å²) in [5.41, 5.74) is 14.3. The lowest BCUT2D eigenvalue weighted by molar-refractivity contribution is 0.588. The highest BCUT2D eigenvalue weighted by Gasteiger charge is 2.28. The lowest BCUT2D eigenvalue weighted by Crippen LogP contribution is -2.23. The standard InChI is InChI=1S/C12H21N3O2S/c1-6-9(13)8(12(3,4)5)10(14)7(2)11(6)18(15,16)17/h13-14H2,1-5H3,(H2,15,16,17). The van der Waals surface area contributed by atoms with Crippen molar-refractivity contribution < 1.29 is 8.42 Å². The highest BCUT2D eigenvalue weighted by molar-refractivity contribution is 7.89. The second-order valence-electron chi connectivity index (χ2n) is 5.58. The summed E-state index contributed by atoms with van der Waals surface area (Å²) in [6, 6.07) is 0. The van der Waals surface area contributed by atoms with Crippen LogP contribution in [0.1, 0.15) is 37.5 Å². The van der Waals surface area contributed by atoms with E-state index in [-0.39, 0.29) is 10.3 Å². The highest BCUT2D eigenvalue weighted by atomic mass is 32.2. The summed E-state index contributed by atoms with van der Waals surface area (Å²) >= 11 is 0. The minimum atomic E-state index is -3.83. The van der Waals surface area contributed by atoms with Gasteiger partial charge in [0, 0.05) is 16.9 Å². The van der Waals surface area contributed by atoms with Crippen LogP contribution in [0.25, 0.3) is 0 Å². The molecule has 0 radical (unpaired) electrons. The molecule has 0 heterocycles. The molecule has 102 valence electrons. The summed E-state index contributed by atoms with van der Waals surface area (Å²) in [6.07, 6.45) is 0. The van der Waals surface area contributed by atoms with E-state index in [1.807, 2.05) is 20.8 Å². The van der Waals surface area contributed by atoms with Crippen LogP contribution in [0, 0.1) is 13.8 Å². The van der Waals surface area contributed by atoms with Gasteiger partial charge in [0.05, 0.1) is 4.90 Å². The van der Waals surface area contributed by atoms with Crippen LogP contribution in [0.15, 0.2) is 4.90 Å². The predicted octanol–water partition coefficient (Wildman–Crippen LogP) is 1.41. The number of benzene rings is 1. The molecule has 6 N–H and O–H groups in total. The summed E-state index contributed by atoms with van der Waals surface area (Å²) in [4.78, 5) is 0.0329. The molecular formula is C12H21N3O2S. The molecule has 6 heteroatoms. The van der Waals surface area contributed by atoms with Crippen molar-refractivity contribution in [2.45, 2.75) is 44.9 Å². The second-order valence-corrected chi connectivity index (χ2v) is 7.07. The summed E-state index contributed by atoms with van der Waals surface area (Å²) in [6.45, 7) is 9.23. The van der Waals surface area contributed by atoms with E-state index in [2.05, 4.69) is 0 Å². The van der Waals surface area contributed by atoms with Gasteiger partial charge in [-0.1, -0.05) is 20.8 Å². The minimum absolute atomic E-state index is 0.0329. The third-order valence-electron chi connectivity index (χ3n) is 3.06. The first-order valence-corrected chi connectivity index (χ1v) is 7.15. The number of sulfonamides is 1. The Labute approximate surface area is 108 Å².